The van der Waals surface area contributed by atoms with Gasteiger partial charge >= 0.3 is 0 Å². The molecule has 0 bridgehead atoms. The van der Waals surface area contributed by atoms with E-state index in [1.165, 1.54) is 0 Å². The maximum atomic E-state index is 11.1. The minimum atomic E-state index is -3.06. The van der Waals surface area contributed by atoms with Crippen molar-refractivity contribution in [1.82, 2.24) is 10.1 Å². The summed E-state index contributed by atoms with van der Waals surface area (Å²) in [4.78, 5) is 4.20. The Bertz CT molecular complexity index is 700. The van der Waals surface area contributed by atoms with Crippen molar-refractivity contribution in [3.05, 3.63) is 30.2 Å². The van der Waals surface area contributed by atoms with Crippen LogP contribution < -0.4 is 10.5 Å². The largest absolute Gasteiger partial charge is 0.497 e. The quantitative estimate of drug-likeness (QED) is 0.845. The Hall–Kier alpha value is -1.64. The molecule has 2 N–H and O–H groups in total. The molecule has 1 atom stereocenters. The van der Waals surface area contributed by atoms with Crippen molar-refractivity contribution in [2.45, 2.75) is 12.5 Å². The second-order valence-electron chi connectivity index (χ2n) is 4.71. The van der Waals surface area contributed by atoms with E-state index in [1.807, 2.05) is 0 Å². The van der Waals surface area contributed by atoms with E-state index in [4.69, 9.17) is 15.0 Å². The normalized spacial score (nSPS) is 12.5. The maximum Gasteiger partial charge on any atom is 0.243 e. The first-order chi connectivity index (χ1) is 9.89. The lowest BCUT2D eigenvalue weighted by Gasteiger charge is -2.04. The molecular weight excluding hydrogens is 330 g/mol. The van der Waals surface area contributed by atoms with E-state index >= 15 is 0 Å². The number of sulfone groups is 1. The van der Waals surface area contributed by atoms with E-state index in [9.17, 15) is 8.42 Å². The zero-order chi connectivity index (χ0) is 15.5. The SMILES string of the molecule is COc1ccc(-c2noc(C(N)CCS(C)(=O)=O)n2)cc1.Cl. The summed E-state index contributed by atoms with van der Waals surface area (Å²) in [5.41, 5.74) is 6.62. The first-order valence-corrected chi connectivity index (χ1v) is 8.36. The number of nitrogens with two attached hydrogens (primary N) is 1. The Morgan fingerprint density at radius 1 is 1.32 bits per heavy atom. The molecule has 0 aliphatic carbocycles. The van der Waals surface area contributed by atoms with Crippen LogP contribution in [0.4, 0.5) is 0 Å². The summed E-state index contributed by atoms with van der Waals surface area (Å²) in [6.45, 7) is 0. The molecule has 0 aliphatic rings. The highest BCUT2D eigenvalue weighted by Crippen LogP contribution is 2.21. The Morgan fingerprint density at radius 3 is 2.50 bits per heavy atom. The van der Waals surface area contributed by atoms with Gasteiger partial charge in [0.1, 0.15) is 15.6 Å². The van der Waals surface area contributed by atoms with Crippen LogP contribution in [0.2, 0.25) is 0 Å². The van der Waals surface area contributed by atoms with Crippen molar-refractivity contribution in [3.8, 4) is 17.1 Å². The minimum absolute atomic E-state index is 0. The number of aromatic nitrogens is 2. The monoisotopic (exact) mass is 347 g/mol. The van der Waals surface area contributed by atoms with Crippen LogP contribution in [0.25, 0.3) is 11.4 Å². The summed E-state index contributed by atoms with van der Waals surface area (Å²) in [5.74, 6) is 1.34. The first-order valence-electron chi connectivity index (χ1n) is 6.30. The van der Waals surface area contributed by atoms with Gasteiger partial charge in [-0.3, -0.25) is 0 Å². The highest BCUT2D eigenvalue weighted by Gasteiger charge is 2.17. The van der Waals surface area contributed by atoms with Crippen LogP contribution >= 0.6 is 12.4 Å². The van der Waals surface area contributed by atoms with Gasteiger partial charge in [0, 0.05) is 11.8 Å². The van der Waals surface area contributed by atoms with Gasteiger partial charge in [-0.25, -0.2) is 8.42 Å². The second-order valence-corrected chi connectivity index (χ2v) is 6.97. The van der Waals surface area contributed by atoms with Crippen LogP contribution in [-0.2, 0) is 9.84 Å². The van der Waals surface area contributed by atoms with E-state index in [0.29, 0.717) is 5.82 Å². The molecule has 0 radical (unpaired) electrons. The standard InChI is InChI=1S/C13H17N3O4S.ClH/c1-19-10-5-3-9(4-6-10)12-15-13(20-16-12)11(14)7-8-21(2,17)18;/h3-6,11H,7-8,14H2,1-2H3;1H. The minimum Gasteiger partial charge on any atom is -0.497 e. The van der Waals surface area contributed by atoms with E-state index in [1.54, 1.807) is 31.4 Å². The van der Waals surface area contributed by atoms with Gasteiger partial charge in [0.15, 0.2) is 0 Å². The third-order valence-electron chi connectivity index (χ3n) is 2.91. The van der Waals surface area contributed by atoms with Gasteiger partial charge in [-0.2, -0.15) is 4.98 Å². The number of hydrogen-bond donors (Lipinski definition) is 1. The molecule has 0 aliphatic heterocycles. The predicted molar refractivity (Wildman–Crippen MR) is 84.8 cm³/mol. The lowest BCUT2D eigenvalue weighted by atomic mass is 10.2. The highest BCUT2D eigenvalue weighted by molar-refractivity contribution is 7.90. The molecule has 22 heavy (non-hydrogen) atoms. The molecule has 1 aromatic heterocycles. The molecule has 0 fully saturated rings. The molecule has 0 saturated heterocycles. The molecule has 1 heterocycles. The fourth-order valence-corrected chi connectivity index (χ4v) is 2.39. The van der Waals surface area contributed by atoms with E-state index in [0.717, 1.165) is 17.6 Å². The zero-order valence-corrected chi connectivity index (χ0v) is 13.9. The van der Waals surface area contributed by atoms with E-state index < -0.39 is 15.9 Å². The molecular formula is C13H18ClN3O4S. The highest BCUT2D eigenvalue weighted by atomic mass is 35.5. The van der Waals surface area contributed by atoms with Crippen molar-refractivity contribution >= 4 is 22.2 Å². The van der Waals surface area contributed by atoms with Crippen molar-refractivity contribution in [3.63, 3.8) is 0 Å². The van der Waals surface area contributed by atoms with Crippen LogP contribution in [0, 0.1) is 0 Å². The van der Waals surface area contributed by atoms with Gasteiger partial charge in [-0.1, -0.05) is 5.16 Å². The zero-order valence-electron chi connectivity index (χ0n) is 12.2. The smallest absolute Gasteiger partial charge is 0.243 e. The van der Waals surface area contributed by atoms with Gasteiger partial charge in [-0.05, 0) is 30.7 Å². The number of rotatable bonds is 6. The van der Waals surface area contributed by atoms with E-state index in [2.05, 4.69) is 10.1 Å². The lowest BCUT2D eigenvalue weighted by molar-refractivity contribution is 0.352. The van der Waals surface area contributed by atoms with Crippen molar-refractivity contribution in [1.29, 1.82) is 0 Å². The van der Waals surface area contributed by atoms with Gasteiger partial charge in [0.25, 0.3) is 0 Å². The lowest BCUT2D eigenvalue weighted by Crippen LogP contribution is -2.16. The molecule has 7 nitrogen and oxygen atoms in total. The average Bonchev–Trinajstić information content (AvgIpc) is 2.94. The van der Waals surface area contributed by atoms with Gasteiger partial charge < -0.3 is 15.0 Å². The average molecular weight is 348 g/mol. The Balaban J connectivity index is 0.00000242. The number of hydrogen-bond acceptors (Lipinski definition) is 7. The Kier molecular flexibility index (Phi) is 6.34. The number of ether oxygens (including phenoxy) is 1. The van der Waals surface area contributed by atoms with Crippen LogP contribution in [0.5, 0.6) is 5.75 Å². The van der Waals surface area contributed by atoms with Crippen molar-refractivity contribution in [2.75, 3.05) is 19.1 Å². The third kappa shape index (κ3) is 4.97. The summed E-state index contributed by atoms with van der Waals surface area (Å²) in [7, 11) is -1.48. The van der Waals surface area contributed by atoms with Crippen molar-refractivity contribution in [2.24, 2.45) is 5.73 Å². The summed E-state index contributed by atoms with van der Waals surface area (Å²) >= 11 is 0. The fourth-order valence-electron chi connectivity index (χ4n) is 1.71. The van der Waals surface area contributed by atoms with Gasteiger partial charge in [0.05, 0.1) is 18.9 Å². The van der Waals surface area contributed by atoms with Crippen molar-refractivity contribution < 1.29 is 17.7 Å². The number of nitrogens with zero attached hydrogens (tertiary/aromatic N) is 2. The van der Waals surface area contributed by atoms with Crippen LogP contribution in [0.1, 0.15) is 18.4 Å². The summed E-state index contributed by atoms with van der Waals surface area (Å²) in [6, 6.07) is 6.58. The maximum absolute atomic E-state index is 11.1. The topological polar surface area (TPSA) is 108 Å². The number of halogens is 1. The second kappa shape index (κ2) is 7.57. The summed E-state index contributed by atoms with van der Waals surface area (Å²) < 4.78 is 32.4. The summed E-state index contributed by atoms with van der Waals surface area (Å²) in [5, 5.41) is 3.85. The molecule has 0 amide bonds. The molecule has 2 rings (SSSR count). The molecule has 1 unspecified atom stereocenters. The number of methoxy groups -OCH3 is 1. The summed E-state index contributed by atoms with van der Waals surface area (Å²) in [6.07, 6.45) is 1.40. The Labute approximate surface area is 135 Å². The molecule has 0 spiro atoms. The molecule has 122 valence electrons. The predicted octanol–water partition coefficient (Wildman–Crippen LogP) is 1.60. The fraction of sp³-hybridized carbons (Fsp3) is 0.385. The Morgan fingerprint density at radius 2 is 1.95 bits per heavy atom. The third-order valence-corrected chi connectivity index (χ3v) is 3.88. The molecule has 9 heteroatoms. The van der Waals surface area contributed by atoms with Crippen LogP contribution in [-0.4, -0.2) is 37.7 Å². The number of benzene rings is 1. The van der Waals surface area contributed by atoms with Crippen LogP contribution in [0.3, 0.4) is 0 Å². The molecule has 0 saturated carbocycles. The van der Waals surface area contributed by atoms with Gasteiger partial charge in [-0.15, -0.1) is 12.4 Å². The van der Waals surface area contributed by atoms with E-state index in [-0.39, 0.29) is 30.5 Å². The molecule has 1 aromatic carbocycles. The first kappa shape index (κ1) is 18.4. The molecule has 2 aromatic rings. The van der Waals surface area contributed by atoms with Crippen LogP contribution in [0.15, 0.2) is 28.8 Å². The van der Waals surface area contributed by atoms with Gasteiger partial charge in [0.2, 0.25) is 11.7 Å².